The summed E-state index contributed by atoms with van der Waals surface area (Å²) < 4.78 is 5.30. The fourth-order valence-corrected chi connectivity index (χ4v) is 4.64. The van der Waals surface area contributed by atoms with Crippen LogP contribution in [0.15, 0.2) is 48.5 Å². The minimum Gasteiger partial charge on any atom is -0.497 e. The zero-order valence-electron chi connectivity index (χ0n) is 16.0. The number of hydrogen-bond donors (Lipinski definition) is 0. The molecule has 2 aromatic rings. The Morgan fingerprint density at radius 2 is 1.73 bits per heavy atom. The van der Waals surface area contributed by atoms with Crippen LogP contribution in [0.5, 0.6) is 5.75 Å². The van der Waals surface area contributed by atoms with Gasteiger partial charge < -0.3 is 14.5 Å². The normalized spacial score (nSPS) is 21.0. The van der Waals surface area contributed by atoms with E-state index < -0.39 is 0 Å². The first-order chi connectivity index (χ1) is 12.8. The van der Waals surface area contributed by atoms with Crippen molar-refractivity contribution in [2.75, 3.05) is 38.2 Å². The summed E-state index contributed by atoms with van der Waals surface area (Å²) in [4.78, 5) is 5.28. The number of hydrogen-bond acceptors (Lipinski definition) is 3. The highest BCUT2D eigenvalue weighted by Gasteiger charge is 2.33. The van der Waals surface area contributed by atoms with Gasteiger partial charge in [0.15, 0.2) is 0 Å². The van der Waals surface area contributed by atoms with Gasteiger partial charge >= 0.3 is 0 Å². The van der Waals surface area contributed by atoms with Crippen LogP contribution in [0, 0.1) is 0 Å². The molecular formula is C23H30N2O. The molecule has 0 bridgehead atoms. The third-order valence-electron chi connectivity index (χ3n) is 6.19. The van der Waals surface area contributed by atoms with E-state index in [1.54, 1.807) is 7.11 Å². The smallest absolute Gasteiger partial charge is 0.118 e. The molecule has 26 heavy (non-hydrogen) atoms. The van der Waals surface area contributed by atoms with Crippen molar-refractivity contribution >= 4 is 5.69 Å². The number of anilines is 1. The van der Waals surface area contributed by atoms with Gasteiger partial charge in [-0.25, -0.2) is 0 Å². The predicted octanol–water partition coefficient (Wildman–Crippen LogP) is 4.33. The Morgan fingerprint density at radius 3 is 2.42 bits per heavy atom. The van der Waals surface area contributed by atoms with Crippen molar-refractivity contribution in [1.82, 2.24) is 4.90 Å². The Bertz CT molecular complexity index is 719. The summed E-state index contributed by atoms with van der Waals surface area (Å²) >= 11 is 0. The van der Waals surface area contributed by atoms with Gasteiger partial charge in [0, 0.05) is 37.3 Å². The SMILES string of the molecule is CCN1CCC(N2CC(Cc3ccc(OC)cc3)c3ccccc32)CC1. The fourth-order valence-electron chi connectivity index (χ4n) is 4.64. The highest BCUT2D eigenvalue weighted by atomic mass is 16.5. The van der Waals surface area contributed by atoms with Crippen LogP contribution in [-0.4, -0.2) is 44.2 Å². The molecule has 2 heterocycles. The topological polar surface area (TPSA) is 15.7 Å². The van der Waals surface area contributed by atoms with Crippen LogP contribution in [0.4, 0.5) is 5.69 Å². The molecule has 2 aliphatic heterocycles. The Hall–Kier alpha value is -2.00. The summed E-state index contributed by atoms with van der Waals surface area (Å²) in [5.74, 6) is 1.52. The summed E-state index contributed by atoms with van der Waals surface area (Å²) in [5, 5.41) is 0. The van der Waals surface area contributed by atoms with E-state index in [-0.39, 0.29) is 0 Å². The second kappa shape index (κ2) is 7.71. The quantitative estimate of drug-likeness (QED) is 0.798. The van der Waals surface area contributed by atoms with Crippen LogP contribution < -0.4 is 9.64 Å². The molecule has 2 aromatic carbocycles. The van der Waals surface area contributed by atoms with E-state index in [9.17, 15) is 0 Å². The molecule has 1 unspecified atom stereocenters. The van der Waals surface area contributed by atoms with Crippen molar-refractivity contribution in [1.29, 1.82) is 0 Å². The van der Waals surface area contributed by atoms with Crippen LogP contribution in [0.2, 0.25) is 0 Å². The average molecular weight is 351 g/mol. The molecule has 0 aliphatic carbocycles. The molecule has 0 spiro atoms. The first kappa shape index (κ1) is 17.4. The molecule has 1 fully saturated rings. The number of para-hydroxylation sites is 1. The maximum Gasteiger partial charge on any atom is 0.118 e. The number of piperidine rings is 1. The number of nitrogens with zero attached hydrogens (tertiary/aromatic N) is 2. The zero-order valence-corrected chi connectivity index (χ0v) is 16.0. The van der Waals surface area contributed by atoms with Crippen LogP contribution in [0.25, 0.3) is 0 Å². The van der Waals surface area contributed by atoms with E-state index in [0.717, 1.165) is 18.7 Å². The van der Waals surface area contributed by atoms with Gasteiger partial charge in [0.05, 0.1) is 7.11 Å². The molecule has 138 valence electrons. The minimum absolute atomic E-state index is 0.587. The largest absolute Gasteiger partial charge is 0.497 e. The molecule has 2 aliphatic rings. The Labute approximate surface area is 157 Å². The molecule has 0 amide bonds. The number of rotatable bonds is 5. The summed E-state index contributed by atoms with van der Waals surface area (Å²) in [6.45, 7) is 7.09. The van der Waals surface area contributed by atoms with E-state index in [1.807, 2.05) is 0 Å². The van der Waals surface area contributed by atoms with Crippen molar-refractivity contribution in [3.05, 3.63) is 59.7 Å². The van der Waals surface area contributed by atoms with Crippen LogP contribution >= 0.6 is 0 Å². The number of ether oxygens (including phenoxy) is 1. The van der Waals surface area contributed by atoms with Gasteiger partial charge in [-0.2, -0.15) is 0 Å². The molecular weight excluding hydrogens is 320 g/mol. The summed E-state index contributed by atoms with van der Waals surface area (Å²) in [7, 11) is 1.73. The van der Waals surface area contributed by atoms with Gasteiger partial charge in [0.2, 0.25) is 0 Å². The van der Waals surface area contributed by atoms with Crippen molar-refractivity contribution < 1.29 is 4.74 Å². The number of likely N-dealkylation sites (tertiary alicyclic amines) is 1. The van der Waals surface area contributed by atoms with Gasteiger partial charge in [0.1, 0.15) is 5.75 Å². The van der Waals surface area contributed by atoms with Gasteiger partial charge in [-0.3, -0.25) is 0 Å². The average Bonchev–Trinajstić information content (AvgIpc) is 3.07. The Balaban J connectivity index is 1.50. The first-order valence-electron chi connectivity index (χ1n) is 9.99. The molecule has 3 heteroatoms. The molecule has 0 radical (unpaired) electrons. The van der Waals surface area contributed by atoms with Crippen molar-refractivity contribution in [2.24, 2.45) is 0 Å². The predicted molar refractivity (Wildman–Crippen MR) is 108 cm³/mol. The van der Waals surface area contributed by atoms with Crippen molar-refractivity contribution in [2.45, 2.75) is 38.1 Å². The standard InChI is InChI=1S/C23H30N2O/c1-3-24-14-12-20(13-15-24)25-17-19(22-6-4-5-7-23(22)25)16-18-8-10-21(26-2)11-9-18/h4-11,19-20H,3,12-17H2,1-2H3. The molecule has 0 aromatic heterocycles. The first-order valence-corrected chi connectivity index (χ1v) is 9.99. The van der Waals surface area contributed by atoms with Crippen molar-refractivity contribution in [3.63, 3.8) is 0 Å². The van der Waals surface area contributed by atoms with E-state index in [2.05, 4.69) is 65.3 Å². The van der Waals surface area contributed by atoms with Crippen LogP contribution in [0.1, 0.15) is 36.8 Å². The lowest BCUT2D eigenvalue weighted by atomic mass is 9.94. The molecule has 1 atom stereocenters. The summed E-state index contributed by atoms with van der Waals surface area (Å²) in [6.07, 6.45) is 3.68. The highest BCUT2D eigenvalue weighted by molar-refractivity contribution is 5.61. The van der Waals surface area contributed by atoms with Gasteiger partial charge in [-0.1, -0.05) is 37.3 Å². The summed E-state index contributed by atoms with van der Waals surface area (Å²) in [5.41, 5.74) is 4.40. The highest BCUT2D eigenvalue weighted by Crippen LogP contribution is 2.40. The number of methoxy groups -OCH3 is 1. The monoisotopic (exact) mass is 350 g/mol. The third kappa shape index (κ3) is 3.45. The van der Waals surface area contributed by atoms with E-state index >= 15 is 0 Å². The van der Waals surface area contributed by atoms with E-state index in [4.69, 9.17) is 4.74 Å². The minimum atomic E-state index is 0.587. The second-order valence-corrected chi connectivity index (χ2v) is 7.63. The van der Waals surface area contributed by atoms with Gasteiger partial charge in [0.25, 0.3) is 0 Å². The molecule has 3 nitrogen and oxygen atoms in total. The number of fused-ring (bicyclic) bond motifs is 1. The Kier molecular flexibility index (Phi) is 5.16. The lowest BCUT2D eigenvalue weighted by molar-refractivity contribution is 0.219. The number of benzene rings is 2. The van der Waals surface area contributed by atoms with Crippen LogP contribution in [0.3, 0.4) is 0 Å². The molecule has 0 N–H and O–H groups in total. The van der Waals surface area contributed by atoms with Gasteiger partial charge in [-0.15, -0.1) is 0 Å². The summed E-state index contributed by atoms with van der Waals surface area (Å²) in [6, 6.07) is 18.3. The second-order valence-electron chi connectivity index (χ2n) is 7.63. The fraction of sp³-hybridized carbons (Fsp3) is 0.478. The van der Waals surface area contributed by atoms with Crippen LogP contribution in [-0.2, 0) is 6.42 Å². The molecule has 4 rings (SSSR count). The van der Waals surface area contributed by atoms with E-state index in [0.29, 0.717) is 12.0 Å². The zero-order chi connectivity index (χ0) is 17.9. The maximum atomic E-state index is 5.30. The van der Waals surface area contributed by atoms with Gasteiger partial charge in [-0.05, 0) is 55.1 Å². The lowest BCUT2D eigenvalue weighted by Crippen LogP contribution is -2.44. The Morgan fingerprint density at radius 1 is 1.00 bits per heavy atom. The van der Waals surface area contributed by atoms with E-state index in [1.165, 1.54) is 49.3 Å². The maximum absolute atomic E-state index is 5.30. The molecule has 1 saturated heterocycles. The van der Waals surface area contributed by atoms with Crippen molar-refractivity contribution in [3.8, 4) is 5.75 Å². The third-order valence-corrected chi connectivity index (χ3v) is 6.19. The lowest BCUT2D eigenvalue weighted by Gasteiger charge is -2.38. The molecule has 0 saturated carbocycles.